The molecule has 0 saturated heterocycles. The van der Waals surface area contributed by atoms with Crippen LogP contribution in [0, 0.1) is 0 Å². The third-order valence-electron chi connectivity index (χ3n) is 5.59. The Morgan fingerprint density at radius 3 is 1.63 bits per heavy atom. The van der Waals surface area contributed by atoms with Crippen molar-refractivity contribution in [3.8, 4) is 11.5 Å². The first-order valence-electron chi connectivity index (χ1n) is 14.0. The molecule has 6 N–H and O–H groups in total. The number of carboxylic acid groups (broad SMARTS) is 2. The number of para-hydroxylation sites is 1. The minimum Gasteiger partial charge on any atom is -0.491 e. The number of aromatic nitrogens is 2. The highest BCUT2D eigenvalue weighted by Crippen LogP contribution is 2.26. The Balaban J connectivity index is 0.000000500. The van der Waals surface area contributed by atoms with E-state index in [9.17, 15) is 26.3 Å². The van der Waals surface area contributed by atoms with Gasteiger partial charge in [-0.2, -0.15) is 26.3 Å². The Bertz CT molecular complexity index is 1620. The normalized spacial score (nSPS) is 11.2. The number of halogens is 6. The smallest absolute Gasteiger partial charge is 0.490 e. The lowest BCUT2D eigenvalue weighted by atomic mass is 10.2. The number of alkyl halides is 6. The molecular weight excluding hydrogens is 674 g/mol. The number of rotatable bonds is 14. The third kappa shape index (κ3) is 15.5. The highest BCUT2D eigenvalue weighted by atomic mass is 19.4. The summed E-state index contributed by atoms with van der Waals surface area (Å²) in [5.41, 5.74) is 13.2. The SMILES string of the molecule is Nc1ccc2ccc(OCCOCCOCCOCCOc3cc(N)nc4ccccc34)cc2n1.O=C(O)C(F)(F)F.O=C(O)C(F)(F)F. The number of aliphatic carboxylic acids is 2. The standard InChI is InChI=1S/C26H30N4O5.2C2HF3O2/c27-25-8-6-19-5-7-20(17-23(19)30-25)34-15-13-32-11-9-31-10-12-33-14-16-35-24-18-26(28)29-22-4-2-1-3-21(22)24;2*3-2(4,5)1(6)7/h1-8,17-18H,9-16H2,(H2,27,30)(H2,28,29);2*(H,6,7). The van der Waals surface area contributed by atoms with Gasteiger partial charge < -0.3 is 45.4 Å². The molecule has 49 heavy (non-hydrogen) atoms. The molecule has 4 rings (SSSR count). The zero-order chi connectivity index (χ0) is 36.5. The molecule has 0 amide bonds. The summed E-state index contributed by atoms with van der Waals surface area (Å²) in [5, 5.41) is 16.2. The van der Waals surface area contributed by atoms with Crippen molar-refractivity contribution in [1.29, 1.82) is 0 Å². The monoisotopic (exact) mass is 706 g/mol. The number of pyridine rings is 2. The fraction of sp³-hybridized carbons (Fsp3) is 0.333. The van der Waals surface area contributed by atoms with Gasteiger partial charge in [-0.3, -0.25) is 0 Å². The second kappa shape index (κ2) is 19.6. The number of nitrogens with zero attached hydrogens (tertiary/aromatic N) is 2. The molecule has 0 radical (unpaired) electrons. The summed E-state index contributed by atoms with van der Waals surface area (Å²) >= 11 is 0. The number of ether oxygens (including phenoxy) is 5. The second-order valence-electron chi connectivity index (χ2n) is 9.29. The number of nitrogens with two attached hydrogens (primary N) is 2. The topological polar surface area (TPSA) is 199 Å². The van der Waals surface area contributed by atoms with Crippen LogP contribution in [0.4, 0.5) is 38.0 Å². The molecule has 13 nitrogen and oxygen atoms in total. The zero-order valence-corrected chi connectivity index (χ0v) is 25.5. The van der Waals surface area contributed by atoms with Gasteiger partial charge in [0.2, 0.25) is 0 Å². The van der Waals surface area contributed by atoms with Gasteiger partial charge >= 0.3 is 24.3 Å². The Morgan fingerprint density at radius 2 is 1.08 bits per heavy atom. The van der Waals surface area contributed by atoms with Crippen molar-refractivity contribution < 1.29 is 69.8 Å². The van der Waals surface area contributed by atoms with Gasteiger partial charge in [0.15, 0.2) is 0 Å². The van der Waals surface area contributed by atoms with E-state index in [1.165, 1.54) is 0 Å². The summed E-state index contributed by atoms with van der Waals surface area (Å²) < 4.78 is 91.6. The minimum atomic E-state index is -5.08. The van der Waals surface area contributed by atoms with E-state index in [-0.39, 0.29) is 0 Å². The molecular formula is C30H32F6N4O9. The maximum Gasteiger partial charge on any atom is 0.490 e. The number of carbonyl (C=O) groups is 2. The summed E-state index contributed by atoms with van der Waals surface area (Å²) in [6.45, 7) is 3.70. The number of carboxylic acids is 2. The molecule has 0 aliphatic carbocycles. The van der Waals surface area contributed by atoms with Crippen LogP contribution in [0.3, 0.4) is 0 Å². The Morgan fingerprint density at radius 1 is 0.612 bits per heavy atom. The number of benzene rings is 2. The van der Waals surface area contributed by atoms with E-state index in [0.29, 0.717) is 70.2 Å². The van der Waals surface area contributed by atoms with Crippen molar-refractivity contribution in [2.75, 3.05) is 64.3 Å². The molecule has 0 aliphatic heterocycles. The van der Waals surface area contributed by atoms with Crippen LogP contribution >= 0.6 is 0 Å². The van der Waals surface area contributed by atoms with Gasteiger partial charge in [-0.15, -0.1) is 0 Å². The van der Waals surface area contributed by atoms with E-state index < -0.39 is 24.3 Å². The molecule has 2 aromatic carbocycles. The molecule has 0 saturated carbocycles. The van der Waals surface area contributed by atoms with Gasteiger partial charge in [0.05, 0.1) is 50.7 Å². The number of hydrogen-bond donors (Lipinski definition) is 4. The lowest BCUT2D eigenvalue weighted by molar-refractivity contribution is -0.193. The molecule has 19 heteroatoms. The van der Waals surface area contributed by atoms with E-state index in [1.54, 1.807) is 12.1 Å². The molecule has 2 aromatic heterocycles. The summed E-state index contributed by atoms with van der Waals surface area (Å²) in [6, 6.07) is 18.9. The van der Waals surface area contributed by atoms with Gasteiger partial charge in [0.1, 0.15) is 36.3 Å². The molecule has 0 aliphatic rings. The van der Waals surface area contributed by atoms with Crippen molar-refractivity contribution in [3.05, 3.63) is 60.7 Å². The van der Waals surface area contributed by atoms with Gasteiger partial charge in [-0.25, -0.2) is 19.6 Å². The second-order valence-corrected chi connectivity index (χ2v) is 9.29. The van der Waals surface area contributed by atoms with E-state index in [1.807, 2.05) is 48.5 Å². The molecule has 0 spiro atoms. The highest BCUT2D eigenvalue weighted by Gasteiger charge is 2.38. The lowest BCUT2D eigenvalue weighted by Gasteiger charge is -2.11. The molecule has 0 unspecified atom stereocenters. The van der Waals surface area contributed by atoms with Crippen LogP contribution in [-0.4, -0.2) is 97.3 Å². The summed E-state index contributed by atoms with van der Waals surface area (Å²) in [5.74, 6) is -3.16. The molecule has 0 fully saturated rings. The number of nitrogen functional groups attached to an aromatic ring is 2. The van der Waals surface area contributed by atoms with E-state index in [2.05, 4.69) is 9.97 Å². The maximum absolute atomic E-state index is 10.6. The minimum absolute atomic E-state index is 0.414. The van der Waals surface area contributed by atoms with Crippen LogP contribution < -0.4 is 20.9 Å². The maximum atomic E-state index is 10.6. The first-order chi connectivity index (χ1) is 23.1. The van der Waals surface area contributed by atoms with E-state index in [4.69, 9.17) is 55.0 Å². The predicted octanol–water partition coefficient (Wildman–Crippen LogP) is 4.72. The summed E-state index contributed by atoms with van der Waals surface area (Å²) in [6.07, 6.45) is -10.2. The average Bonchev–Trinajstić information content (AvgIpc) is 3.02. The van der Waals surface area contributed by atoms with Crippen LogP contribution in [0.5, 0.6) is 11.5 Å². The molecule has 0 atom stereocenters. The van der Waals surface area contributed by atoms with Crippen molar-refractivity contribution >= 4 is 45.4 Å². The average molecular weight is 707 g/mol. The van der Waals surface area contributed by atoms with Gasteiger partial charge in [-0.1, -0.05) is 12.1 Å². The third-order valence-corrected chi connectivity index (χ3v) is 5.59. The van der Waals surface area contributed by atoms with Crippen LogP contribution in [0.15, 0.2) is 60.7 Å². The fourth-order valence-electron chi connectivity index (χ4n) is 3.46. The predicted molar refractivity (Wildman–Crippen MR) is 163 cm³/mol. The molecule has 268 valence electrons. The van der Waals surface area contributed by atoms with Crippen molar-refractivity contribution in [3.63, 3.8) is 0 Å². The summed E-state index contributed by atoms with van der Waals surface area (Å²) in [4.78, 5) is 26.4. The van der Waals surface area contributed by atoms with Crippen LogP contribution in [0.25, 0.3) is 21.8 Å². The van der Waals surface area contributed by atoms with Crippen molar-refractivity contribution in [1.82, 2.24) is 9.97 Å². The first kappa shape index (κ1) is 40.0. The van der Waals surface area contributed by atoms with Gasteiger partial charge in [0, 0.05) is 22.9 Å². The zero-order valence-electron chi connectivity index (χ0n) is 25.5. The van der Waals surface area contributed by atoms with Crippen molar-refractivity contribution in [2.24, 2.45) is 0 Å². The van der Waals surface area contributed by atoms with Crippen molar-refractivity contribution in [2.45, 2.75) is 12.4 Å². The largest absolute Gasteiger partial charge is 0.491 e. The number of hydrogen-bond acceptors (Lipinski definition) is 11. The van der Waals surface area contributed by atoms with Crippen LogP contribution in [0.1, 0.15) is 0 Å². The van der Waals surface area contributed by atoms with E-state index >= 15 is 0 Å². The van der Waals surface area contributed by atoms with E-state index in [0.717, 1.165) is 27.6 Å². The van der Waals surface area contributed by atoms with Gasteiger partial charge in [0.25, 0.3) is 0 Å². The van der Waals surface area contributed by atoms with Crippen LogP contribution in [-0.2, 0) is 23.8 Å². The fourth-order valence-corrected chi connectivity index (χ4v) is 3.46. The molecule has 2 heterocycles. The number of anilines is 2. The van der Waals surface area contributed by atoms with Gasteiger partial charge in [-0.05, 0) is 36.4 Å². The molecule has 4 aromatic rings. The lowest BCUT2D eigenvalue weighted by Crippen LogP contribution is -2.21. The molecule has 0 bridgehead atoms. The first-order valence-corrected chi connectivity index (χ1v) is 14.0. The Hall–Kier alpha value is -5.14. The highest BCUT2D eigenvalue weighted by molar-refractivity contribution is 5.86. The Labute approximate surface area is 274 Å². The quantitative estimate of drug-likeness (QED) is 0.104. The summed E-state index contributed by atoms with van der Waals surface area (Å²) in [7, 11) is 0. The Kier molecular flexibility index (Phi) is 16.0. The van der Waals surface area contributed by atoms with Crippen LogP contribution in [0.2, 0.25) is 0 Å². The number of fused-ring (bicyclic) bond motifs is 2.